The number of nitrogens with zero attached hydrogens (tertiary/aromatic N) is 1. The molecule has 0 saturated carbocycles. The molecular weight excluding hydrogens is 1490 g/mol. The molecule has 2 heterocycles. The molecule has 0 unspecified atom stereocenters. The number of unbranched alkanes of at least 4 members (excludes halogenated alkanes) is 10. The van der Waals surface area contributed by atoms with Crippen LogP contribution in [0.15, 0.2) is 60.8 Å². The lowest BCUT2D eigenvalue weighted by atomic mass is 9.96. The Bertz CT molecular complexity index is 3800. The van der Waals surface area contributed by atoms with Gasteiger partial charge in [0.1, 0.15) is 66.5 Å². The number of rotatable bonds is 53. The topological polar surface area (TPSA) is 549 Å². The second kappa shape index (κ2) is 50.6. The Morgan fingerprint density at radius 1 is 0.496 bits per heavy atom. The fourth-order valence-electron chi connectivity index (χ4n) is 13.2. The molecule has 0 aliphatic carbocycles. The minimum absolute atomic E-state index is 0.0229. The Morgan fingerprint density at radius 3 is 1.48 bits per heavy atom. The van der Waals surface area contributed by atoms with Gasteiger partial charge in [0, 0.05) is 68.6 Å². The molecule has 0 spiro atoms. The Balaban J connectivity index is 1.17. The maximum atomic E-state index is 14.2. The monoisotopic (exact) mass is 1610 g/mol. The minimum atomic E-state index is -1.70. The number of aromatic nitrogens is 1. The number of nitrogens with two attached hydrogens (primary N) is 2. The number of likely N-dealkylation sites (tertiary alicyclic amines) is 1. The number of carbonyl (C=O) groups excluding carboxylic acids is 13. The number of aliphatic carboxylic acids is 2. The maximum absolute atomic E-state index is 14.2. The van der Waals surface area contributed by atoms with Crippen molar-refractivity contribution < 1.29 is 97.5 Å². The fraction of sp³-hybridized carbons (Fsp3) is 0.617. The van der Waals surface area contributed by atoms with Gasteiger partial charge in [-0.25, -0.2) is 9.59 Å². The number of carboxylic acids is 2. The standard InChI is InChI=1S/C81H122N14O20/c1-9-49(6)68(77(109)94-70(51(8)98)79(111)89-58(41-48(4)5)73(105)91-61(81(114)115)43-53-45-84-55-33-28-27-32-54(53)55)92-71(103)56(37-38-64(82)99)86-76(108)63-34-29-39-95(63)67(102)36-26-21-19-17-15-13-11-10-12-14-16-18-20-25-35-66(101)85-62(46-96)75(107)93-69(50(7)97)78(110)88-57(40-47(2)3)72(104)87-59(44-65(83)100)74(106)90-60(80(112)113)42-52-30-23-22-24-31-52/h22-24,27-28,30-33,45,47-51,56-63,68-70,84,96-98H,9,12-21,25-26,29,34-44,46H2,1-8H3,(H2,82,99)(H2,83,100)(H,85,101)(H,86,108)(H,87,104)(H,88,110)(H,89,111)(H,90,106)(H,91,105)(H,92,103)(H,93,107)(H,94,109)(H,112,113)(H,114,115)/t49-,50+,51+,56-,57-,58-,59-,60-,61-,62-,63-,68-,69-,70-/m0/s1. The van der Waals surface area contributed by atoms with Crippen LogP contribution in [0.2, 0.25) is 0 Å². The van der Waals surface area contributed by atoms with Gasteiger partial charge in [0.2, 0.25) is 76.8 Å². The first kappa shape index (κ1) is 96.8. The average Bonchev–Trinajstić information content (AvgIpc) is 1.62. The van der Waals surface area contributed by atoms with Crippen molar-refractivity contribution >= 4 is 99.6 Å². The molecule has 115 heavy (non-hydrogen) atoms. The number of hydrogen-bond acceptors (Lipinski definition) is 18. The molecule has 34 heteroatoms. The summed E-state index contributed by atoms with van der Waals surface area (Å²) in [5, 5.41) is 77.3. The summed E-state index contributed by atoms with van der Waals surface area (Å²) in [4.78, 5) is 204. The molecule has 1 aliphatic rings. The molecule has 2 aromatic carbocycles. The van der Waals surface area contributed by atoms with Crippen LogP contribution in [0.1, 0.15) is 208 Å². The summed E-state index contributed by atoms with van der Waals surface area (Å²) in [6, 6.07) is -0.131. The van der Waals surface area contributed by atoms with Crippen LogP contribution in [0.5, 0.6) is 0 Å². The number of aromatic amines is 1. The van der Waals surface area contributed by atoms with Gasteiger partial charge >= 0.3 is 11.9 Å². The van der Waals surface area contributed by atoms with Gasteiger partial charge in [0.05, 0.1) is 25.2 Å². The smallest absolute Gasteiger partial charge is 0.326 e. The lowest BCUT2D eigenvalue weighted by Crippen LogP contribution is -2.62. The molecule has 1 fully saturated rings. The number of benzene rings is 2. The number of H-pyrrole nitrogens is 1. The van der Waals surface area contributed by atoms with E-state index >= 15 is 0 Å². The summed E-state index contributed by atoms with van der Waals surface area (Å²) in [7, 11) is 0. The first-order chi connectivity index (χ1) is 54.5. The van der Waals surface area contributed by atoms with Gasteiger partial charge in [-0.2, -0.15) is 0 Å². The van der Waals surface area contributed by atoms with E-state index in [0.29, 0.717) is 69.0 Å². The first-order valence-corrected chi connectivity index (χ1v) is 39.9. The summed E-state index contributed by atoms with van der Waals surface area (Å²) in [6.07, 6.45) is 7.35. The average molecular weight is 1610 g/mol. The van der Waals surface area contributed by atoms with Gasteiger partial charge in [-0.3, -0.25) is 62.3 Å². The number of hydrogen-bond donors (Lipinski definition) is 18. The molecule has 636 valence electrons. The van der Waals surface area contributed by atoms with Crippen LogP contribution >= 0.6 is 0 Å². The summed E-state index contributed by atoms with van der Waals surface area (Å²) >= 11 is 0. The lowest BCUT2D eigenvalue weighted by molar-refractivity contribution is -0.143. The molecule has 1 saturated heterocycles. The number of carboxylic acid groups (broad SMARTS) is 2. The number of aliphatic hydroxyl groups is 3. The van der Waals surface area contributed by atoms with Crippen LogP contribution in [-0.4, -0.2) is 216 Å². The number of para-hydroxylation sites is 1. The largest absolute Gasteiger partial charge is 0.480 e. The van der Waals surface area contributed by atoms with Crippen LogP contribution in [-0.2, 0) is 84.8 Å². The van der Waals surface area contributed by atoms with E-state index in [0.717, 1.165) is 55.8 Å². The molecule has 0 radical (unpaired) electrons. The number of aliphatic hydroxyl groups excluding tert-OH is 3. The number of primary amides is 2. The highest BCUT2D eigenvalue weighted by Crippen LogP contribution is 2.23. The summed E-state index contributed by atoms with van der Waals surface area (Å²) in [5.74, 6) is -8.12. The van der Waals surface area contributed by atoms with Crippen LogP contribution in [0.3, 0.4) is 0 Å². The van der Waals surface area contributed by atoms with E-state index in [1.807, 2.05) is 18.2 Å². The molecule has 4 rings (SSSR count). The van der Waals surface area contributed by atoms with E-state index in [-0.39, 0.29) is 69.1 Å². The Morgan fingerprint density at radius 2 is 0.957 bits per heavy atom. The highest BCUT2D eigenvalue weighted by Gasteiger charge is 2.41. The van der Waals surface area contributed by atoms with Crippen molar-refractivity contribution in [1.82, 2.24) is 63.1 Å². The minimum Gasteiger partial charge on any atom is -0.480 e. The van der Waals surface area contributed by atoms with Gasteiger partial charge in [-0.1, -0.05) is 135 Å². The Labute approximate surface area is 671 Å². The zero-order chi connectivity index (χ0) is 85.4. The van der Waals surface area contributed by atoms with E-state index in [9.17, 15) is 97.5 Å². The molecule has 13 amide bonds. The third-order valence-corrected chi connectivity index (χ3v) is 19.8. The van der Waals surface area contributed by atoms with E-state index in [1.165, 1.54) is 18.7 Å². The predicted octanol–water partition coefficient (Wildman–Crippen LogP) is 1.46. The fourth-order valence-corrected chi connectivity index (χ4v) is 13.2. The van der Waals surface area contributed by atoms with Crippen LogP contribution in [0.25, 0.3) is 10.9 Å². The van der Waals surface area contributed by atoms with E-state index in [4.69, 9.17) is 11.5 Å². The van der Waals surface area contributed by atoms with Crippen molar-refractivity contribution in [1.29, 1.82) is 0 Å². The van der Waals surface area contributed by atoms with E-state index < -0.39 is 180 Å². The van der Waals surface area contributed by atoms with Crippen LogP contribution in [0.4, 0.5) is 0 Å². The SMILES string of the molecule is CC[C@H](C)[C@H](NC(=O)[C@H](CCC(N)=O)NC(=O)[C@@H]1CCCN1C(=O)CCCCCCCC#CCCCCCCCC(=O)N[C@@H](CO)C(=O)N[C@H](C(=O)N[C@@H](CC(C)C)C(=O)N[C@@H](CC(N)=O)C(=O)N[C@@H](Cc1ccccc1)C(=O)O)[C@@H](C)O)C(=O)N[C@H](C(=O)N[C@@H](CC(C)C)C(=O)N[C@@H](Cc1c[nH]c2ccccc12)C(=O)O)[C@@H](C)O. The van der Waals surface area contributed by atoms with Gasteiger partial charge in [0.25, 0.3) is 0 Å². The third kappa shape index (κ3) is 34.6. The van der Waals surface area contributed by atoms with Crippen molar-refractivity contribution in [2.45, 2.75) is 288 Å². The zero-order valence-electron chi connectivity index (χ0n) is 67.4. The van der Waals surface area contributed by atoms with Crippen molar-refractivity contribution in [3.05, 3.63) is 71.9 Å². The summed E-state index contributed by atoms with van der Waals surface area (Å²) in [6.45, 7) is 12.3. The van der Waals surface area contributed by atoms with Crippen LogP contribution in [0, 0.1) is 29.6 Å². The molecule has 34 nitrogen and oxygen atoms in total. The second-order valence-corrected chi connectivity index (χ2v) is 30.5. The molecule has 3 aromatic rings. The van der Waals surface area contributed by atoms with Crippen molar-refractivity contribution in [3.63, 3.8) is 0 Å². The van der Waals surface area contributed by atoms with Gasteiger partial charge in [-0.05, 0) is 107 Å². The molecule has 0 bridgehead atoms. The second-order valence-electron chi connectivity index (χ2n) is 30.5. The zero-order valence-corrected chi connectivity index (χ0v) is 67.4. The third-order valence-electron chi connectivity index (χ3n) is 19.8. The summed E-state index contributed by atoms with van der Waals surface area (Å²) in [5.41, 5.74) is 12.9. The lowest BCUT2D eigenvalue weighted by Gasteiger charge is -2.30. The molecule has 14 atom stereocenters. The number of fused-ring (bicyclic) bond motifs is 1. The number of amides is 13. The van der Waals surface area contributed by atoms with Crippen molar-refractivity contribution in [2.24, 2.45) is 29.2 Å². The van der Waals surface area contributed by atoms with Gasteiger partial charge < -0.3 is 100 Å². The van der Waals surface area contributed by atoms with Crippen molar-refractivity contribution in [2.75, 3.05) is 13.2 Å². The number of nitrogens with one attached hydrogen (secondary N) is 11. The van der Waals surface area contributed by atoms with Gasteiger partial charge in [-0.15, -0.1) is 11.8 Å². The summed E-state index contributed by atoms with van der Waals surface area (Å²) < 4.78 is 0. The number of carbonyl (C=O) groups is 15. The quantitative estimate of drug-likeness (QED) is 0.0281. The Hall–Kier alpha value is -10.5. The van der Waals surface area contributed by atoms with Crippen molar-refractivity contribution in [3.8, 4) is 11.8 Å². The van der Waals surface area contributed by atoms with Gasteiger partial charge in [0.15, 0.2) is 0 Å². The molecular formula is C81H122N14O20. The first-order valence-electron chi connectivity index (χ1n) is 39.9. The Kier molecular flexibility index (Phi) is 42.6. The predicted molar refractivity (Wildman–Crippen MR) is 425 cm³/mol. The molecule has 20 N–H and O–H groups in total. The van der Waals surface area contributed by atoms with Crippen LogP contribution < -0.4 is 64.6 Å². The molecule has 1 aliphatic heterocycles. The molecule has 1 aromatic heterocycles. The van der Waals surface area contributed by atoms with E-state index in [1.54, 1.807) is 84.1 Å². The highest BCUT2D eigenvalue weighted by molar-refractivity contribution is 6.00. The highest BCUT2D eigenvalue weighted by atomic mass is 16.4. The normalized spacial score (nSPS) is 16.0. The van der Waals surface area contributed by atoms with E-state index in [2.05, 4.69) is 70.0 Å². The maximum Gasteiger partial charge on any atom is 0.326 e.